The van der Waals surface area contributed by atoms with Gasteiger partial charge >= 0.3 is 5.97 Å². The van der Waals surface area contributed by atoms with Crippen molar-refractivity contribution in [1.82, 2.24) is 15.3 Å². The molecule has 0 aliphatic carbocycles. The number of carbonyl (C=O) groups excluding carboxylic acids is 2. The number of H-pyrrole nitrogens is 1. The van der Waals surface area contributed by atoms with Crippen LogP contribution >= 0.6 is 11.3 Å². The van der Waals surface area contributed by atoms with Crippen LogP contribution < -0.4 is 10.9 Å². The van der Waals surface area contributed by atoms with Crippen molar-refractivity contribution in [3.8, 4) is 0 Å². The highest BCUT2D eigenvalue weighted by molar-refractivity contribution is 7.09. The van der Waals surface area contributed by atoms with Gasteiger partial charge in [-0.2, -0.15) is 0 Å². The number of nitrogens with one attached hydrogen (secondary N) is 2. The molecule has 2 aromatic heterocycles. The van der Waals surface area contributed by atoms with Crippen molar-refractivity contribution in [2.75, 3.05) is 13.2 Å². The van der Waals surface area contributed by atoms with Crippen molar-refractivity contribution in [2.24, 2.45) is 0 Å². The third-order valence-electron chi connectivity index (χ3n) is 4.09. The van der Waals surface area contributed by atoms with E-state index in [0.717, 1.165) is 6.42 Å². The summed E-state index contributed by atoms with van der Waals surface area (Å²) >= 11 is 1.64. The van der Waals surface area contributed by atoms with Gasteiger partial charge in [-0.25, -0.2) is 4.98 Å². The summed E-state index contributed by atoms with van der Waals surface area (Å²) in [4.78, 5) is 43.8. The second kappa shape index (κ2) is 9.80. The number of hydrogen-bond donors (Lipinski definition) is 2. The number of thiophene rings is 1. The lowest BCUT2D eigenvalue weighted by Crippen LogP contribution is -2.30. The number of esters is 1. The van der Waals surface area contributed by atoms with Crippen molar-refractivity contribution in [2.45, 2.75) is 25.7 Å². The van der Waals surface area contributed by atoms with Gasteiger partial charge in [0.25, 0.3) is 11.5 Å². The highest BCUT2D eigenvalue weighted by Gasteiger charge is 2.09. The molecule has 3 rings (SSSR count). The summed E-state index contributed by atoms with van der Waals surface area (Å²) < 4.78 is 4.98. The Bertz CT molecular complexity index is 998. The highest BCUT2D eigenvalue weighted by Crippen LogP contribution is 2.08. The van der Waals surface area contributed by atoms with Crippen molar-refractivity contribution in [3.63, 3.8) is 0 Å². The fraction of sp³-hybridized carbons (Fsp3) is 0.300. The predicted molar refractivity (Wildman–Crippen MR) is 107 cm³/mol. The number of benzene rings is 1. The van der Waals surface area contributed by atoms with Crippen LogP contribution in [0, 0.1) is 0 Å². The number of hydrogen-bond acceptors (Lipinski definition) is 6. The maximum absolute atomic E-state index is 12.0. The van der Waals surface area contributed by atoms with Crippen molar-refractivity contribution >= 4 is 34.1 Å². The Labute approximate surface area is 165 Å². The zero-order chi connectivity index (χ0) is 19.8. The molecule has 3 aromatic rings. The molecule has 0 radical (unpaired) electrons. The molecule has 2 heterocycles. The molecule has 8 heteroatoms. The molecule has 1 amide bonds. The summed E-state index contributed by atoms with van der Waals surface area (Å²) in [5.74, 6) is -0.232. The minimum atomic E-state index is -0.448. The number of carbonyl (C=O) groups is 2. The van der Waals surface area contributed by atoms with Gasteiger partial charge in [-0.3, -0.25) is 14.4 Å². The zero-order valence-electron chi connectivity index (χ0n) is 15.3. The molecular weight excluding hydrogens is 378 g/mol. The van der Waals surface area contributed by atoms with Crippen LogP contribution in [0.3, 0.4) is 0 Å². The summed E-state index contributed by atoms with van der Waals surface area (Å²) in [6, 6.07) is 11.1. The molecule has 0 bridgehead atoms. The van der Waals surface area contributed by atoms with Gasteiger partial charge in [-0.1, -0.05) is 18.2 Å². The van der Waals surface area contributed by atoms with Crippen LogP contribution in [-0.4, -0.2) is 35.0 Å². The number of rotatable bonds is 9. The van der Waals surface area contributed by atoms with E-state index in [4.69, 9.17) is 4.74 Å². The average molecular weight is 399 g/mol. The lowest BCUT2D eigenvalue weighted by Gasteiger charge is -2.06. The molecule has 0 aliphatic rings. The van der Waals surface area contributed by atoms with Gasteiger partial charge in [0.2, 0.25) is 0 Å². The van der Waals surface area contributed by atoms with Crippen molar-refractivity contribution in [3.05, 3.63) is 62.8 Å². The van der Waals surface area contributed by atoms with E-state index in [1.165, 1.54) is 4.88 Å². The zero-order valence-corrected chi connectivity index (χ0v) is 16.1. The number of aromatic amines is 1. The van der Waals surface area contributed by atoms with Gasteiger partial charge in [0, 0.05) is 24.3 Å². The molecule has 1 aromatic carbocycles. The van der Waals surface area contributed by atoms with Crippen LogP contribution in [-0.2, 0) is 27.2 Å². The first kappa shape index (κ1) is 19.8. The van der Waals surface area contributed by atoms with E-state index in [-0.39, 0.29) is 24.5 Å². The van der Waals surface area contributed by atoms with Gasteiger partial charge in [0.15, 0.2) is 6.61 Å². The van der Waals surface area contributed by atoms with E-state index in [9.17, 15) is 14.4 Å². The summed E-state index contributed by atoms with van der Waals surface area (Å²) in [5.41, 5.74) is 0.436. The van der Waals surface area contributed by atoms with Gasteiger partial charge in [0.1, 0.15) is 5.82 Å². The third kappa shape index (κ3) is 5.75. The standard InChI is InChI=1S/C20H21N3O4S/c24-18(21-11-10-14-5-4-12-28-14)13-27-19(25)9-3-8-17-22-16-7-2-1-6-15(16)20(26)23-17/h1-2,4-7,12H,3,8-11,13H2,(H,21,24)(H,22,23,26). The number of nitrogens with zero attached hydrogens (tertiary/aromatic N) is 1. The smallest absolute Gasteiger partial charge is 0.306 e. The molecule has 2 N–H and O–H groups in total. The predicted octanol–water partition coefficient (Wildman–Crippen LogP) is 2.21. The first-order valence-electron chi connectivity index (χ1n) is 9.04. The van der Waals surface area contributed by atoms with Gasteiger partial charge in [-0.05, 0) is 36.4 Å². The fourth-order valence-corrected chi connectivity index (χ4v) is 3.41. The fourth-order valence-electron chi connectivity index (χ4n) is 2.70. The molecule has 7 nitrogen and oxygen atoms in total. The molecule has 0 fully saturated rings. The van der Waals surface area contributed by atoms with E-state index < -0.39 is 5.97 Å². The van der Waals surface area contributed by atoms with E-state index in [1.807, 2.05) is 23.6 Å². The van der Waals surface area contributed by atoms with Crippen molar-refractivity contribution in [1.29, 1.82) is 0 Å². The number of ether oxygens (including phenoxy) is 1. The van der Waals surface area contributed by atoms with Gasteiger partial charge in [0.05, 0.1) is 10.9 Å². The normalized spacial score (nSPS) is 10.7. The number of aromatic nitrogens is 2. The first-order valence-corrected chi connectivity index (χ1v) is 9.92. The molecule has 0 atom stereocenters. The summed E-state index contributed by atoms with van der Waals surface area (Å²) in [6.45, 7) is 0.228. The van der Waals surface area contributed by atoms with Crippen molar-refractivity contribution < 1.29 is 14.3 Å². The Hall–Kier alpha value is -3.00. The maximum Gasteiger partial charge on any atom is 0.306 e. The monoisotopic (exact) mass is 399 g/mol. The third-order valence-corrected chi connectivity index (χ3v) is 5.03. The molecule has 0 unspecified atom stereocenters. The second-order valence-corrected chi connectivity index (χ2v) is 7.26. The van der Waals surface area contributed by atoms with E-state index in [2.05, 4.69) is 15.3 Å². The Morgan fingerprint density at radius 2 is 2.00 bits per heavy atom. The summed E-state index contributed by atoms with van der Waals surface area (Å²) in [6.07, 6.45) is 1.83. The summed E-state index contributed by atoms with van der Waals surface area (Å²) in [7, 11) is 0. The van der Waals surface area contributed by atoms with Gasteiger partial charge in [-0.15, -0.1) is 11.3 Å². The number of aryl methyl sites for hydroxylation is 1. The number of amides is 1. The van der Waals surface area contributed by atoms with E-state index >= 15 is 0 Å². The lowest BCUT2D eigenvalue weighted by molar-refractivity contribution is -0.148. The highest BCUT2D eigenvalue weighted by atomic mass is 32.1. The molecule has 0 aliphatic heterocycles. The van der Waals surface area contributed by atoms with E-state index in [1.54, 1.807) is 29.5 Å². The lowest BCUT2D eigenvalue weighted by atomic mass is 10.2. The molecule has 28 heavy (non-hydrogen) atoms. The number of para-hydroxylation sites is 1. The molecule has 0 spiro atoms. The second-order valence-electron chi connectivity index (χ2n) is 6.22. The van der Waals surface area contributed by atoms with Crippen LogP contribution in [0.25, 0.3) is 10.9 Å². The largest absolute Gasteiger partial charge is 0.456 e. The maximum atomic E-state index is 12.0. The van der Waals surface area contributed by atoms with Crippen LogP contribution in [0.1, 0.15) is 23.5 Å². The Balaban J connectivity index is 1.35. The minimum absolute atomic E-state index is 0.152. The summed E-state index contributed by atoms with van der Waals surface area (Å²) in [5, 5.41) is 5.25. The quantitative estimate of drug-likeness (QED) is 0.537. The van der Waals surface area contributed by atoms with E-state index in [0.29, 0.717) is 36.1 Å². The van der Waals surface area contributed by atoms with Crippen LogP contribution in [0.2, 0.25) is 0 Å². The molecule has 146 valence electrons. The average Bonchev–Trinajstić information content (AvgIpc) is 3.20. The molecule has 0 saturated heterocycles. The Morgan fingerprint density at radius 3 is 2.82 bits per heavy atom. The Kier molecular flexibility index (Phi) is 6.91. The number of fused-ring (bicyclic) bond motifs is 1. The molecule has 0 saturated carbocycles. The van der Waals surface area contributed by atoms with Crippen LogP contribution in [0.5, 0.6) is 0 Å². The minimum Gasteiger partial charge on any atom is -0.456 e. The Morgan fingerprint density at radius 1 is 1.14 bits per heavy atom. The first-order chi connectivity index (χ1) is 13.6. The SMILES string of the molecule is O=C(COC(=O)CCCc1nc2ccccc2c(=O)[nH]1)NCCc1cccs1. The van der Waals surface area contributed by atoms with Crippen LogP contribution in [0.4, 0.5) is 0 Å². The topological polar surface area (TPSA) is 101 Å². The molecular formula is C20H21N3O4S. The van der Waals surface area contributed by atoms with Gasteiger partial charge < -0.3 is 15.0 Å². The van der Waals surface area contributed by atoms with Crippen LogP contribution in [0.15, 0.2) is 46.6 Å².